The predicted octanol–water partition coefficient (Wildman–Crippen LogP) is 5.08. The number of anilines is 1. The van der Waals surface area contributed by atoms with Crippen LogP contribution in [0, 0.1) is 0 Å². The molecule has 1 aliphatic rings. The van der Waals surface area contributed by atoms with Gasteiger partial charge in [0.2, 0.25) is 0 Å². The Morgan fingerprint density at radius 1 is 1.04 bits per heavy atom. The van der Waals surface area contributed by atoms with Crippen molar-refractivity contribution in [1.82, 2.24) is 10.3 Å². The molecule has 0 bridgehead atoms. The smallest absolute Gasteiger partial charge is 0.174 e. The van der Waals surface area contributed by atoms with Crippen LogP contribution < -0.4 is 10.2 Å². The number of hydrogen-bond acceptors (Lipinski definition) is 3. The van der Waals surface area contributed by atoms with Gasteiger partial charge in [-0.15, -0.1) is 11.3 Å². The van der Waals surface area contributed by atoms with Crippen LogP contribution in [-0.4, -0.2) is 10.1 Å². The minimum atomic E-state index is 0.0180. The van der Waals surface area contributed by atoms with E-state index in [9.17, 15) is 0 Å². The first-order valence-corrected chi connectivity index (χ1v) is 9.57. The van der Waals surface area contributed by atoms with Gasteiger partial charge in [0.1, 0.15) is 0 Å². The Balaban J connectivity index is 1.82. The van der Waals surface area contributed by atoms with Crippen LogP contribution in [-0.2, 0) is 0 Å². The lowest BCUT2D eigenvalue weighted by atomic mass is 10.0. The monoisotopic (exact) mass is 415 g/mol. The average molecular weight is 416 g/mol. The van der Waals surface area contributed by atoms with Gasteiger partial charge in [-0.1, -0.05) is 24.3 Å². The van der Waals surface area contributed by atoms with E-state index in [1.807, 2.05) is 42.6 Å². The number of aromatic nitrogens is 1. The summed E-state index contributed by atoms with van der Waals surface area (Å²) in [5.74, 6) is 0. The molecule has 2 aromatic heterocycles. The third-order valence-corrected chi connectivity index (χ3v) is 6.03. The second-order valence-electron chi connectivity index (χ2n) is 5.47. The number of rotatable bonds is 3. The molecule has 3 nitrogen and oxygen atoms in total. The fraction of sp³-hybridized carbons (Fsp3) is 0.111. The Hall–Kier alpha value is -1.76. The van der Waals surface area contributed by atoms with Gasteiger partial charge >= 0.3 is 0 Å². The summed E-state index contributed by atoms with van der Waals surface area (Å²) in [6.45, 7) is 0. The van der Waals surface area contributed by atoms with Gasteiger partial charge < -0.3 is 10.2 Å². The summed E-state index contributed by atoms with van der Waals surface area (Å²) in [5.41, 5.74) is 2.08. The SMILES string of the molecule is S=C1N[C@@H](c2ccccn2)[C@H](c2ccc(Br)s2)N1c1ccccc1. The second-order valence-corrected chi connectivity index (χ2v) is 8.36. The van der Waals surface area contributed by atoms with E-state index in [-0.39, 0.29) is 12.1 Å². The summed E-state index contributed by atoms with van der Waals surface area (Å²) in [7, 11) is 0. The highest BCUT2D eigenvalue weighted by Crippen LogP contribution is 2.44. The van der Waals surface area contributed by atoms with E-state index in [0.29, 0.717) is 0 Å². The van der Waals surface area contributed by atoms with E-state index in [1.165, 1.54) is 4.88 Å². The van der Waals surface area contributed by atoms with E-state index in [1.54, 1.807) is 11.3 Å². The normalized spacial score (nSPS) is 20.2. The fourth-order valence-electron chi connectivity index (χ4n) is 3.00. The van der Waals surface area contributed by atoms with Crippen LogP contribution in [0.5, 0.6) is 0 Å². The molecule has 0 amide bonds. The first-order valence-electron chi connectivity index (χ1n) is 7.55. The predicted molar refractivity (Wildman–Crippen MR) is 106 cm³/mol. The Morgan fingerprint density at radius 3 is 2.50 bits per heavy atom. The molecule has 1 aliphatic heterocycles. The molecule has 3 heterocycles. The van der Waals surface area contributed by atoms with Gasteiger partial charge in [-0.3, -0.25) is 4.98 Å². The Bertz CT molecular complexity index is 851. The molecule has 1 fully saturated rings. The van der Waals surface area contributed by atoms with Crippen LogP contribution in [0.2, 0.25) is 0 Å². The van der Waals surface area contributed by atoms with Crippen LogP contribution in [0.1, 0.15) is 22.7 Å². The van der Waals surface area contributed by atoms with Crippen molar-refractivity contribution in [3.8, 4) is 0 Å². The Kier molecular flexibility index (Phi) is 4.35. The number of thiophene rings is 1. The molecular weight excluding hydrogens is 402 g/mol. The number of nitrogens with zero attached hydrogens (tertiary/aromatic N) is 2. The zero-order chi connectivity index (χ0) is 16.5. The van der Waals surface area contributed by atoms with E-state index in [0.717, 1.165) is 20.3 Å². The van der Waals surface area contributed by atoms with Crippen molar-refractivity contribution < 1.29 is 0 Å². The van der Waals surface area contributed by atoms with Crippen LogP contribution in [0.3, 0.4) is 0 Å². The van der Waals surface area contributed by atoms with Crippen molar-refractivity contribution in [2.45, 2.75) is 12.1 Å². The van der Waals surface area contributed by atoms with Crippen molar-refractivity contribution in [3.05, 3.63) is 81.2 Å². The molecule has 1 N–H and O–H groups in total. The van der Waals surface area contributed by atoms with Crippen molar-refractivity contribution in [2.75, 3.05) is 4.90 Å². The van der Waals surface area contributed by atoms with Crippen molar-refractivity contribution in [1.29, 1.82) is 0 Å². The number of nitrogens with one attached hydrogen (secondary N) is 1. The molecule has 0 spiro atoms. The second kappa shape index (κ2) is 6.63. The number of para-hydroxylation sites is 1. The lowest BCUT2D eigenvalue weighted by molar-refractivity contribution is 0.575. The fourth-order valence-corrected chi connectivity index (χ4v) is 4.90. The van der Waals surface area contributed by atoms with Gasteiger partial charge in [-0.05, 0) is 64.5 Å². The highest BCUT2D eigenvalue weighted by Gasteiger charge is 2.41. The van der Waals surface area contributed by atoms with Gasteiger partial charge in [-0.2, -0.15) is 0 Å². The zero-order valence-corrected chi connectivity index (χ0v) is 15.8. The van der Waals surface area contributed by atoms with Gasteiger partial charge in [0, 0.05) is 16.8 Å². The topological polar surface area (TPSA) is 28.2 Å². The Labute approximate surface area is 158 Å². The first kappa shape index (κ1) is 15.7. The van der Waals surface area contributed by atoms with Gasteiger partial charge in [0.05, 0.1) is 21.6 Å². The Morgan fingerprint density at radius 2 is 1.83 bits per heavy atom. The van der Waals surface area contributed by atoms with Crippen molar-refractivity contribution in [2.24, 2.45) is 0 Å². The van der Waals surface area contributed by atoms with Gasteiger partial charge in [-0.25, -0.2) is 0 Å². The number of pyridine rings is 1. The molecule has 0 aliphatic carbocycles. The molecule has 1 aromatic carbocycles. The number of halogens is 1. The first-order chi connectivity index (χ1) is 11.7. The van der Waals surface area contributed by atoms with Crippen LogP contribution in [0.15, 0.2) is 70.6 Å². The van der Waals surface area contributed by atoms with Crippen LogP contribution in [0.25, 0.3) is 0 Å². The summed E-state index contributed by atoms with van der Waals surface area (Å²) >= 11 is 11.0. The molecule has 0 radical (unpaired) electrons. The van der Waals surface area contributed by atoms with Crippen molar-refractivity contribution in [3.63, 3.8) is 0 Å². The maximum absolute atomic E-state index is 5.66. The zero-order valence-electron chi connectivity index (χ0n) is 12.6. The molecule has 0 unspecified atom stereocenters. The summed E-state index contributed by atoms with van der Waals surface area (Å²) in [6, 6.07) is 20.6. The highest BCUT2D eigenvalue weighted by molar-refractivity contribution is 9.11. The van der Waals surface area contributed by atoms with E-state index < -0.39 is 0 Å². The minimum Gasteiger partial charge on any atom is -0.351 e. The van der Waals surface area contributed by atoms with Gasteiger partial charge in [0.15, 0.2) is 5.11 Å². The molecule has 6 heteroatoms. The molecule has 120 valence electrons. The van der Waals surface area contributed by atoms with E-state index >= 15 is 0 Å². The third-order valence-electron chi connectivity index (χ3n) is 4.02. The molecule has 0 saturated carbocycles. The number of hydrogen-bond donors (Lipinski definition) is 1. The van der Waals surface area contributed by atoms with Crippen LogP contribution >= 0.6 is 39.5 Å². The van der Waals surface area contributed by atoms with Gasteiger partial charge in [0.25, 0.3) is 0 Å². The minimum absolute atomic E-state index is 0.0180. The molecule has 4 rings (SSSR count). The third kappa shape index (κ3) is 2.85. The summed E-state index contributed by atoms with van der Waals surface area (Å²) < 4.78 is 1.11. The van der Waals surface area contributed by atoms with Crippen molar-refractivity contribution >= 4 is 50.3 Å². The maximum Gasteiger partial charge on any atom is 0.174 e. The molecule has 3 aromatic rings. The van der Waals surface area contributed by atoms with E-state index in [2.05, 4.69) is 55.4 Å². The number of thiocarbonyl (C=S) groups is 1. The van der Waals surface area contributed by atoms with Crippen LogP contribution in [0.4, 0.5) is 5.69 Å². The maximum atomic E-state index is 5.66. The highest BCUT2D eigenvalue weighted by atomic mass is 79.9. The molecule has 24 heavy (non-hydrogen) atoms. The molecule has 2 atom stereocenters. The lowest BCUT2D eigenvalue weighted by Gasteiger charge is -2.26. The summed E-state index contributed by atoms with van der Waals surface area (Å²) in [4.78, 5) is 7.98. The number of benzene rings is 1. The molecular formula is C18H14BrN3S2. The van der Waals surface area contributed by atoms with E-state index in [4.69, 9.17) is 12.2 Å². The summed E-state index contributed by atoms with van der Waals surface area (Å²) in [5, 5.41) is 4.19. The lowest BCUT2D eigenvalue weighted by Crippen LogP contribution is -2.28. The molecule has 1 saturated heterocycles. The largest absolute Gasteiger partial charge is 0.351 e. The average Bonchev–Trinajstić information content (AvgIpc) is 3.19. The standard InChI is InChI=1S/C18H14BrN3S2/c19-15-10-9-14(24-15)17-16(13-8-4-5-11-20-13)21-18(23)22(17)12-6-2-1-3-7-12/h1-11,16-17H,(H,21,23)/t16-,17-/m0/s1. The quantitative estimate of drug-likeness (QED) is 0.603. The summed E-state index contributed by atoms with van der Waals surface area (Å²) in [6.07, 6.45) is 1.83.